The molecule has 4 aromatic rings. The highest BCUT2D eigenvalue weighted by atomic mass is 35.5. The first-order valence-corrected chi connectivity index (χ1v) is 10.7. The van der Waals surface area contributed by atoms with Crippen LogP contribution in [0.1, 0.15) is 32.7 Å². The molecule has 4 rings (SSSR count). The summed E-state index contributed by atoms with van der Waals surface area (Å²) in [5, 5.41) is 17.0. The number of nitrogens with zero attached hydrogens (tertiary/aromatic N) is 4. The highest BCUT2D eigenvalue weighted by Crippen LogP contribution is 2.11. The third-order valence-electron chi connectivity index (χ3n) is 4.56. The van der Waals surface area contributed by atoms with Gasteiger partial charge in [0.2, 0.25) is 0 Å². The molecule has 3 heterocycles. The topological polar surface area (TPSA) is 108 Å². The Bertz CT molecular complexity index is 1100. The van der Waals surface area contributed by atoms with Gasteiger partial charge in [-0.1, -0.05) is 12.1 Å². The van der Waals surface area contributed by atoms with Crippen LogP contribution in [0.3, 0.4) is 0 Å². The van der Waals surface area contributed by atoms with E-state index in [2.05, 4.69) is 35.8 Å². The quantitative estimate of drug-likeness (QED) is 0.285. The third-order valence-corrected chi connectivity index (χ3v) is 5.47. The van der Waals surface area contributed by atoms with Gasteiger partial charge < -0.3 is 15.6 Å². The molecule has 0 aliphatic heterocycles. The summed E-state index contributed by atoms with van der Waals surface area (Å²) in [6.45, 7) is 3.84. The Kier molecular flexibility index (Phi) is 12.2. The summed E-state index contributed by atoms with van der Waals surface area (Å²) in [7, 11) is 0. The first-order chi connectivity index (χ1) is 14.7. The molecular weight excluding hydrogens is 505 g/mol. The summed E-state index contributed by atoms with van der Waals surface area (Å²) < 4.78 is 0. The fraction of sp³-hybridized carbons (Fsp3) is 0.286. The van der Waals surface area contributed by atoms with E-state index in [-0.39, 0.29) is 43.1 Å². The number of aromatic amines is 1. The number of nitrogens with one attached hydrogen (secondary N) is 3. The maximum absolute atomic E-state index is 12.3. The molecule has 0 saturated carbocycles. The average Bonchev–Trinajstić information content (AvgIpc) is 3.39. The van der Waals surface area contributed by atoms with Crippen LogP contribution in [0.5, 0.6) is 0 Å². The molecule has 0 aliphatic rings. The van der Waals surface area contributed by atoms with Crippen molar-refractivity contribution >= 4 is 65.5 Å². The average molecular weight is 531 g/mol. The van der Waals surface area contributed by atoms with E-state index < -0.39 is 0 Å². The zero-order valence-corrected chi connectivity index (χ0v) is 21.2. The number of rotatable bonds is 9. The van der Waals surface area contributed by atoms with Crippen molar-refractivity contribution in [3.63, 3.8) is 0 Å². The number of H-pyrrole nitrogens is 1. The molecule has 0 unspecified atom stereocenters. The molecule has 178 valence electrons. The second kappa shape index (κ2) is 14.1. The summed E-state index contributed by atoms with van der Waals surface area (Å²) >= 11 is 1.50. The Labute approximate surface area is 214 Å². The predicted molar refractivity (Wildman–Crippen MR) is 138 cm³/mol. The Morgan fingerprint density at radius 3 is 2.55 bits per heavy atom. The molecule has 0 atom stereocenters. The first-order valence-electron chi connectivity index (χ1n) is 9.83. The summed E-state index contributed by atoms with van der Waals surface area (Å²) in [5.41, 5.74) is 4.07. The van der Waals surface area contributed by atoms with Crippen LogP contribution in [0.4, 0.5) is 0 Å². The van der Waals surface area contributed by atoms with E-state index in [0.29, 0.717) is 12.2 Å². The Morgan fingerprint density at radius 1 is 1.00 bits per heavy atom. The summed E-state index contributed by atoms with van der Waals surface area (Å²) in [4.78, 5) is 24.6. The SMILES string of the molecule is Cc1ccc(CNC(=O)c2csc(CCNCCc3nc4ccccc4[nH]3)n2)nn1.Cl.Cl.Cl. The van der Waals surface area contributed by atoms with Gasteiger partial charge in [-0.3, -0.25) is 4.79 Å². The Balaban J connectivity index is 0.00000181. The van der Waals surface area contributed by atoms with Crippen molar-refractivity contribution in [1.82, 2.24) is 35.8 Å². The number of benzene rings is 1. The van der Waals surface area contributed by atoms with Crippen LogP contribution in [-0.4, -0.2) is 44.1 Å². The predicted octanol–water partition coefficient (Wildman–Crippen LogP) is 3.69. The van der Waals surface area contributed by atoms with Crippen molar-refractivity contribution in [2.45, 2.75) is 26.3 Å². The molecule has 0 spiro atoms. The van der Waals surface area contributed by atoms with Crippen molar-refractivity contribution in [2.75, 3.05) is 13.1 Å². The lowest BCUT2D eigenvalue weighted by molar-refractivity contribution is 0.0946. The van der Waals surface area contributed by atoms with Gasteiger partial charge in [-0.25, -0.2) is 9.97 Å². The maximum atomic E-state index is 12.3. The number of carbonyl (C=O) groups is 1. The molecule has 0 aliphatic carbocycles. The lowest BCUT2D eigenvalue weighted by Gasteiger charge is -2.03. The lowest BCUT2D eigenvalue weighted by atomic mass is 10.3. The van der Waals surface area contributed by atoms with E-state index in [9.17, 15) is 4.79 Å². The van der Waals surface area contributed by atoms with E-state index in [1.165, 1.54) is 11.3 Å². The normalized spacial score (nSPS) is 10.1. The van der Waals surface area contributed by atoms with Crippen molar-refractivity contribution in [2.24, 2.45) is 0 Å². The molecule has 33 heavy (non-hydrogen) atoms. The van der Waals surface area contributed by atoms with Gasteiger partial charge in [0.05, 0.1) is 34.0 Å². The molecule has 3 N–H and O–H groups in total. The van der Waals surface area contributed by atoms with Gasteiger partial charge in [-0.05, 0) is 31.2 Å². The van der Waals surface area contributed by atoms with Crippen molar-refractivity contribution in [3.05, 3.63) is 69.7 Å². The molecule has 8 nitrogen and oxygen atoms in total. The number of imidazole rings is 1. The summed E-state index contributed by atoms with van der Waals surface area (Å²) in [6, 6.07) is 11.8. The number of hydrogen-bond donors (Lipinski definition) is 3. The molecule has 0 bridgehead atoms. The highest BCUT2D eigenvalue weighted by Gasteiger charge is 2.11. The van der Waals surface area contributed by atoms with E-state index in [1.807, 2.05) is 43.3 Å². The van der Waals surface area contributed by atoms with Gasteiger partial charge in [0.1, 0.15) is 11.5 Å². The van der Waals surface area contributed by atoms with Gasteiger partial charge in [-0.15, -0.1) is 48.6 Å². The zero-order valence-electron chi connectivity index (χ0n) is 17.9. The minimum absolute atomic E-state index is 0. The number of aromatic nitrogens is 5. The van der Waals surface area contributed by atoms with E-state index in [4.69, 9.17) is 0 Å². The van der Waals surface area contributed by atoms with E-state index in [0.717, 1.165) is 59.2 Å². The number of para-hydroxylation sites is 2. The van der Waals surface area contributed by atoms with Gasteiger partial charge >= 0.3 is 0 Å². The minimum Gasteiger partial charge on any atom is -0.345 e. The monoisotopic (exact) mass is 529 g/mol. The molecule has 3 aromatic heterocycles. The van der Waals surface area contributed by atoms with Crippen LogP contribution in [0.25, 0.3) is 11.0 Å². The molecule has 12 heteroatoms. The zero-order chi connectivity index (χ0) is 20.8. The molecular formula is C21H26Cl3N7OS. The van der Waals surface area contributed by atoms with Crippen molar-refractivity contribution in [3.8, 4) is 0 Å². The molecule has 0 saturated heterocycles. The Morgan fingerprint density at radius 2 is 1.79 bits per heavy atom. The second-order valence-corrected chi connectivity index (χ2v) is 7.87. The largest absolute Gasteiger partial charge is 0.345 e. The van der Waals surface area contributed by atoms with Crippen molar-refractivity contribution in [1.29, 1.82) is 0 Å². The van der Waals surface area contributed by atoms with E-state index >= 15 is 0 Å². The molecule has 0 radical (unpaired) electrons. The van der Waals surface area contributed by atoms with Gasteiger partial charge in [-0.2, -0.15) is 10.2 Å². The van der Waals surface area contributed by atoms with Crippen LogP contribution in [0.15, 0.2) is 41.8 Å². The number of thiazole rings is 1. The molecule has 0 fully saturated rings. The number of carbonyl (C=O) groups excluding carboxylic acids is 1. The number of hydrogen-bond acceptors (Lipinski definition) is 7. The van der Waals surface area contributed by atoms with Crippen LogP contribution in [-0.2, 0) is 19.4 Å². The van der Waals surface area contributed by atoms with Gasteiger partial charge in [0, 0.05) is 31.3 Å². The smallest absolute Gasteiger partial charge is 0.271 e. The Hall–Kier alpha value is -2.30. The van der Waals surface area contributed by atoms with Crippen LogP contribution in [0.2, 0.25) is 0 Å². The van der Waals surface area contributed by atoms with Gasteiger partial charge in [0.15, 0.2) is 0 Å². The highest BCUT2D eigenvalue weighted by molar-refractivity contribution is 7.09. The third kappa shape index (κ3) is 8.21. The van der Waals surface area contributed by atoms with Gasteiger partial charge in [0.25, 0.3) is 5.91 Å². The summed E-state index contributed by atoms with van der Waals surface area (Å²) in [5.74, 6) is 0.785. The minimum atomic E-state index is -0.197. The van der Waals surface area contributed by atoms with Crippen molar-refractivity contribution < 1.29 is 4.79 Å². The van der Waals surface area contributed by atoms with E-state index in [1.54, 1.807) is 5.38 Å². The molecule has 1 aromatic carbocycles. The fourth-order valence-electron chi connectivity index (χ4n) is 2.96. The number of amides is 1. The summed E-state index contributed by atoms with van der Waals surface area (Å²) in [6.07, 6.45) is 1.61. The fourth-order valence-corrected chi connectivity index (χ4v) is 3.74. The molecule has 1 amide bonds. The second-order valence-electron chi connectivity index (χ2n) is 6.93. The van der Waals surface area contributed by atoms with Crippen LogP contribution in [0, 0.1) is 6.92 Å². The first kappa shape index (κ1) is 28.7. The van der Waals surface area contributed by atoms with Crippen LogP contribution < -0.4 is 10.6 Å². The number of aryl methyl sites for hydroxylation is 1. The maximum Gasteiger partial charge on any atom is 0.271 e. The standard InChI is InChI=1S/C21H23N7OS.3ClH/c1-14-6-7-15(28-27-14)12-23-21(29)18-13-30-20(26-18)9-11-22-10-8-19-24-16-4-2-3-5-17(16)25-19;;;/h2-7,13,22H,8-12H2,1H3,(H,23,29)(H,24,25);3*1H. The lowest BCUT2D eigenvalue weighted by Crippen LogP contribution is -2.24. The number of halogens is 3. The number of fused-ring (bicyclic) bond motifs is 1. The van der Waals surface area contributed by atoms with Crippen LogP contribution >= 0.6 is 48.6 Å².